The molecule has 4 N–H and O–H groups in total. The van der Waals surface area contributed by atoms with Crippen LogP contribution in [0.25, 0.3) is 32.7 Å². The van der Waals surface area contributed by atoms with Crippen LogP contribution in [0, 0.1) is 0 Å². The molecule has 0 bridgehead atoms. The van der Waals surface area contributed by atoms with Crippen LogP contribution in [-0.4, -0.2) is 48.9 Å². The number of ether oxygens (including phenoxy) is 2. The summed E-state index contributed by atoms with van der Waals surface area (Å²) < 4.78 is 157. The molecule has 0 heterocycles. The third-order valence-electron chi connectivity index (χ3n) is 7.71. The van der Waals surface area contributed by atoms with Crippen LogP contribution in [0.3, 0.4) is 0 Å². The van der Waals surface area contributed by atoms with Gasteiger partial charge in [-0.25, -0.2) is 0 Å². The number of rotatable bonds is 9. The van der Waals surface area contributed by atoms with Crippen molar-refractivity contribution in [3.05, 3.63) is 97.1 Å². The van der Waals surface area contributed by atoms with Gasteiger partial charge in [-0.2, -0.15) is 16.8 Å². The molecule has 0 atom stereocenters. The number of hydrogen-bond acceptors (Lipinski definition) is 12. The Labute approximate surface area is 310 Å². The molecule has 0 spiro atoms. The molecule has 6 aromatic rings. The molecular weight excluding hydrogens is 803 g/mol. The predicted octanol–water partition coefficient (Wildman–Crippen LogP) is 10.2. The summed E-state index contributed by atoms with van der Waals surface area (Å²) >= 11 is 0. The summed E-state index contributed by atoms with van der Waals surface area (Å²) in [6.07, 6.45) is -10.7. The maximum atomic E-state index is 13.5. The van der Waals surface area contributed by atoms with E-state index in [-0.39, 0.29) is 32.7 Å². The third kappa shape index (κ3) is 8.62. The molecule has 0 aliphatic heterocycles. The zero-order chi connectivity index (χ0) is 40.8. The van der Waals surface area contributed by atoms with Crippen molar-refractivity contribution in [1.82, 2.24) is 0 Å². The Morgan fingerprint density at radius 2 is 0.786 bits per heavy atom. The zero-order valence-electron chi connectivity index (χ0n) is 27.3. The first-order valence-electron chi connectivity index (χ1n) is 15.2. The van der Waals surface area contributed by atoms with E-state index in [1.54, 1.807) is 0 Å². The SMILES string of the molecule is O=S(=O)(O)c1cc(/N=N/c2ccc(-c3ccc(/N=N/c4cc(S(=O)(=O)O)c5ccccc5c4O)c(OC(F)(F)F)c3)cc2OC(F)(F)F)c(O)c2ccccc12. The molecule has 56 heavy (non-hydrogen) atoms. The van der Waals surface area contributed by atoms with Crippen LogP contribution in [0.5, 0.6) is 23.0 Å². The van der Waals surface area contributed by atoms with Gasteiger partial charge in [-0.05, 0) is 47.5 Å². The van der Waals surface area contributed by atoms with Crippen molar-refractivity contribution >= 4 is 64.5 Å². The van der Waals surface area contributed by atoms with Gasteiger partial charge in [0.05, 0.1) is 0 Å². The van der Waals surface area contributed by atoms with E-state index in [2.05, 4.69) is 29.9 Å². The Morgan fingerprint density at radius 3 is 1.11 bits per heavy atom. The Kier molecular flexibility index (Phi) is 10.1. The number of phenols is 2. The first-order valence-corrected chi connectivity index (χ1v) is 18.0. The molecule has 0 aliphatic carbocycles. The maximum absolute atomic E-state index is 13.5. The highest BCUT2D eigenvalue weighted by molar-refractivity contribution is 7.86. The lowest BCUT2D eigenvalue weighted by atomic mass is 10.0. The molecule has 0 saturated carbocycles. The van der Waals surface area contributed by atoms with Gasteiger partial charge in [-0.1, -0.05) is 60.7 Å². The topological polar surface area (TPSA) is 217 Å². The van der Waals surface area contributed by atoms with Gasteiger partial charge in [0, 0.05) is 21.5 Å². The summed E-state index contributed by atoms with van der Waals surface area (Å²) in [5.74, 6) is -3.37. The highest BCUT2D eigenvalue weighted by Crippen LogP contribution is 2.44. The standard InChI is InChI=1S/C34H20F6N4O10S2/c35-33(36,37)53-27-13-17(9-11-23(27)41-43-25-15-29(55(47,48)49)19-5-1-3-7-21(19)31(25)45)18-10-12-24(28(14-18)54-34(38,39)40)42-44-26-16-30(56(50,51)52)20-6-2-4-8-22(20)32(26)46/h1-16,45-46H,(H,47,48,49)(H,50,51,52)/b43-41+,44-42+. The normalized spacial score (nSPS) is 12.9. The van der Waals surface area contributed by atoms with Gasteiger partial charge in [0.15, 0.2) is 23.0 Å². The minimum Gasteiger partial charge on any atom is -0.505 e. The summed E-state index contributed by atoms with van der Waals surface area (Å²) in [5, 5.41) is 35.6. The average Bonchev–Trinajstić information content (AvgIpc) is 3.09. The van der Waals surface area contributed by atoms with Crippen molar-refractivity contribution in [3.8, 4) is 34.1 Å². The number of halogens is 6. The van der Waals surface area contributed by atoms with Gasteiger partial charge in [-0.3, -0.25) is 9.11 Å². The molecule has 290 valence electrons. The molecule has 0 amide bonds. The molecule has 0 radical (unpaired) electrons. The van der Waals surface area contributed by atoms with Gasteiger partial charge >= 0.3 is 12.7 Å². The van der Waals surface area contributed by atoms with Gasteiger partial charge < -0.3 is 19.7 Å². The van der Waals surface area contributed by atoms with Crippen molar-refractivity contribution < 1.29 is 72.0 Å². The number of hydrogen-bond donors (Lipinski definition) is 4. The Bertz CT molecular complexity index is 2640. The molecule has 14 nitrogen and oxygen atoms in total. The van der Waals surface area contributed by atoms with Gasteiger partial charge in [0.25, 0.3) is 20.2 Å². The molecule has 0 aromatic heterocycles. The first kappa shape index (κ1) is 39.3. The van der Waals surface area contributed by atoms with E-state index in [1.807, 2.05) is 0 Å². The van der Waals surface area contributed by atoms with E-state index < -0.39 is 88.5 Å². The summed E-state index contributed by atoms with van der Waals surface area (Å²) in [6, 6.07) is 17.7. The van der Waals surface area contributed by atoms with Crippen molar-refractivity contribution in [3.63, 3.8) is 0 Å². The van der Waals surface area contributed by atoms with Gasteiger partial charge in [0.2, 0.25) is 0 Å². The van der Waals surface area contributed by atoms with Gasteiger partial charge in [0.1, 0.15) is 32.5 Å². The van der Waals surface area contributed by atoms with E-state index >= 15 is 0 Å². The molecule has 6 rings (SSSR count). The first-order chi connectivity index (χ1) is 26.1. The van der Waals surface area contributed by atoms with Crippen molar-refractivity contribution in [1.29, 1.82) is 0 Å². The Hall–Kier alpha value is -6.36. The van der Waals surface area contributed by atoms with Crippen LogP contribution >= 0.6 is 0 Å². The zero-order valence-corrected chi connectivity index (χ0v) is 29.0. The number of benzene rings is 6. The molecule has 0 unspecified atom stereocenters. The van der Waals surface area contributed by atoms with E-state index in [9.17, 15) is 62.5 Å². The molecule has 0 saturated heterocycles. The second kappa shape index (κ2) is 14.4. The van der Waals surface area contributed by atoms with Crippen LogP contribution in [0.4, 0.5) is 49.1 Å². The van der Waals surface area contributed by atoms with Crippen LogP contribution in [0.2, 0.25) is 0 Å². The van der Waals surface area contributed by atoms with E-state index in [0.29, 0.717) is 0 Å². The largest absolute Gasteiger partial charge is 0.573 e. The van der Waals surface area contributed by atoms with E-state index in [4.69, 9.17) is 0 Å². The molecule has 0 aliphatic rings. The minimum atomic E-state index is -5.34. The smallest absolute Gasteiger partial charge is 0.505 e. The highest BCUT2D eigenvalue weighted by Gasteiger charge is 2.34. The third-order valence-corrected chi connectivity index (χ3v) is 9.49. The molecular formula is C34H20F6N4O10S2. The lowest BCUT2D eigenvalue weighted by molar-refractivity contribution is -0.275. The van der Waals surface area contributed by atoms with Crippen LogP contribution in [-0.2, 0) is 20.2 Å². The maximum Gasteiger partial charge on any atom is 0.573 e. The molecule has 0 fully saturated rings. The molecule has 6 aromatic carbocycles. The van der Waals surface area contributed by atoms with Gasteiger partial charge in [-0.15, -0.1) is 46.8 Å². The fourth-order valence-corrected chi connectivity index (χ4v) is 6.82. The van der Waals surface area contributed by atoms with Crippen molar-refractivity contribution in [2.45, 2.75) is 22.5 Å². The predicted molar refractivity (Wildman–Crippen MR) is 184 cm³/mol. The summed E-state index contributed by atoms with van der Waals surface area (Å²) in [5.41, 5.74) is -2.87. The van der Waals surface area contributed by atoms with E-state index in [0.717, 1.165) is 48.5 Å². The number of fused-ring (bicyclic) bond motifs is 2. The monoisotopic (exact) mass is 822 g/mol. The lowest BCUT2D eigenvalue weighted by Crippen LogP contribution is -2.17. The fraction of sp³-hybridized carbons (Fsp3) is 0.0588. The van der Waals surface area contributed by atoms with Crippen molar-refractivity contribution in [2.24, 2.45) is 20.5 Å². The second-order valence-corrected chi connectivity index (χ2v) is 14.2. The second-order valence-electron chi connectivity index (χ2n) is 11.4. The summed E-state index contributed by atoms with van der Waals surface area (Å²) in [4.78, 5) is -1.39. The Morgan fingerprint density at radius 1 is 0.464 bits per heavy atom. The van der Waals surface area contributed by atoms with Crippen LogP contribution in [0.15, 0.2) is 127 Å². The fourth-order valence-electron chi connectivity index (χ4n) is 5.39. The minimum absolute atomic E-state index is 0.101. The summed E-state index contributed by atoms with van der Waals surface area (Å²) in [6.45, 7) is 0. The van der Waals surface area contributed by atoms with E-state index in [1.165, 1.54) is 48.5 Å². The average molecular weight is 823 g/mol. The number of phenolic OH excluding ortho intramolecular Hbond substituents is 2. The quantitative estimate of drug-likeness (QED) is 0.0614. The number of alkyl halides is 6. The lowest BCUT2D eigenvalue weighted by Gasteiger charge is -2.15. The number of azo groups is 2. The summed E-state index contributed by atoms with van der Waals surface area (Å²) in [7, 11) is -9.79. The number of aromatic hydroxyl groups is 2. The Balaban J connectivity index is 1.42. The highest BCUT2D eigenvalue weighted by atomic mass is 32.2. The number of nitrogens with zero attached hydrogens (tertiary/aromatic N) is 4. The van der Waals surface area contributed by atoms with Crippen molar-refractivity contribution in [2.75, 3.05) is 0 Å². The van der Waals surface area contributed by atoms with Crippen LogP contribution in [0.1, 0.15) is 0 Å². The molecule has 22 heteroatoms. The van der Waals surface area contributed by atoms with Crippen LogP contribution < -0.4 is 9.47 Å².